The summed E-state index contributed by atoms with van der Waals surface area (Å²) in [7, 11) is 3.68. The van der Waals surface area contributed by atoms with Gasteiger partial charge in [0, 0.05) is 37.2 Å². The van der Waals surface area contributed by atoms with Gasteiger partial charge in [-0.05, 0) is 36.8 Å². The van der Waals surface area contributed by atoms with Crippen LogP contribution in [-0.2, 0) is 7.05 Å². The summed E-state index contributed by atoms with van der Waals surface area (Å²) >= 11 is 6.02. The third kappa shape index (κ3) is 3.89. The van der Waals surface area contributed by atoms with Gasteiger partial charge >= 0.3 is 6.03 Å². The summed E-state index contributed by atoms with van der Waals surface area (Å²) in [6.45, 7) is 2.01. The van der Waals surface area contributed by atoms with Crippen molar-refractivity contribution in [3.05, 3.63) is 82.9 Å². The fourth-order valence-corrected chi connectivity index (χ4v) is 2.92. The van der Waals surface area contributed by atoms with Gasteiger partial charge in [-0.15, -0.1) is 0 Å². The predicted molar refractivity (Wildman–Crippen MR) is 104 cm³/mol. The molecule has 5 nitrogen and oxygen atoms in total. The zero-order valence-electron chi connectivity index (χ0n) is 15.0. The van der Waals surface area contributed by atoms with Crippen LogP contribution in [-0.4, -0.2) is 27.5 Å². The second kappa shape index (κ2) is 7.62. The highest BCUT2D eigenvalue weighted by Crippen LogP contribution is 2.28. The molecule has 0 aliphatic carbocycles. The highest BCUT2D eigenvalue weighted by Gasteiger charge is 2.26. The number of nitrogens with one attached hydrogen (secondary N) is 1. The summed E-state index contributed by atoms with van der Waals surface area (Å²) in [5.74, 6) is 0.772. The lowest BCUT2D eigenvalue weighted by atomic mass is 10.1. The van der Waals surface area contributed by atoms with E-state index in [1.807, 2.05) is 73.3 Å². The second-order valence-corrected chi connectivity index (χ2v) is 6.69. The van der Waals surface area contributed by atoms with Crippen molar-refractivity contribution in [2.75, 3.05) is 12.4 Å². The number of aromatic nitrogens is 2. The molecule has 3 aromatic rings. The molecule has 0 radical (unpaired) electrons. The van der Waals surface area contributed by atoms with Crippen molar-refractivity contribution >= 4 is 23.3 Å². The maximum Gasteiger partial charge on any atom is 0.322 e. The standard InChI is InChI=1S/C20H21ClN4O/c1-14-4-10-17(11-5-14)23-20(26)25(3)18(19-22-12-13-24(19)2)15-6-8-16(21)9-7-15/h4-13,18H,1-3H3,(H,23,26)/t18-/m0/s1. The number of anilines is 1. The van der Waals surface area contributed by atoms with Crippen molar-refractivity contribution in [3.63, 3.8) is 0 Å². The second-order valence-electron chi connectivity index (χ2n) is 6.26. The Labute approximate surface area is 158 Å². The number of urea groups is 1. The number of hydrogen-bond acceptors (Lipinski definition) is 2. The molecule has 1 atom stereocenters. The van der Waals surface area contributed by atoms with Gasteiger partial charge in [-0.2, -0.15) is 0 Å². The first-order chi connectivity index (χ1) is 12.5. The fraction of sp³-hybridized carbons (Fsp3) is 0.200. The summed E-state index contributed by atoms with van der Waals surface area (Å²) in [6.07, 6.45) is 3.59. The van der Waals surface area contributed by atoms with Gasteiger partial charge in [-0.25, -0.2) is 9.78 Å². The zero-order valence-corrected chi connectivity index (χ0v) is 15.7. The lowest BCUT2D eigenvalue weighted by Crippen LogP contribution is -2.36. The van der Waals surface area contributed by atoms with Gasteiger partial charge in [-0.1, -0.05) is 41.4 Å². The Hall–Kier alpha value is -2.79. The molecule has 0 spiro atoms. The Morgan fingerprint density at radius 2 is 1.81 bits per heavy atom. The summed E-state index contributed by atoms with van der Waals surface area (Å²) in [4.78, 5) is 18.9. The van der Waals surface area contributed by atoms with E-state index in [1.165, 1.54) is 0 Å². The first kappa shape index (κ1) is 18.0. The molecule has 0 unspecified atom stereocenters. The van der Waals surface area contributed by atoms with Crippen LogP contribution in [0.5, 0.6) is 0 Å². The Morgan fingerprint density at radius 1 is 1.15 bits per heavy atom. The van der Waals surface area contributed by atoms with Crippen molar-refractivity contribution in [1.29, 1.82) is 0 Å². The minimum Gasteiger partial charge on any atom is -0.336 e. The van der Waals surface area contributed by atoms with E-state index in [4.69, 9.17) is 11.6 Å². The smallest absolute Gasteiger partial charge is 0.322 e. The van der Waals surface area contributed by atoms with Crippen LogP contribution in [0.2, 0.25) is 5.02 Å². The number of rotatable bonds is 4. The van der Waals surface area contributed by atoms with Gasteiger partial charge in [-0.3, -0.25) is 0 Å². The van der Waals surface area contributed by atoms with Crippen molar-refractivity contribution in [2.24, 2.45) is 7.05 Å². The molecule has 0 aliphatic heterocycles. The van der Waals surface area contributed by atoms with Crippen LogP contribution in [0, 0.1) is 6.92 Å². The molecule has 6 heteroatoms. The molecule has 0 saturated heterocycles. The monoisotopic (exact) mass is 368 g/mol. The number of amides is 2. The first-order valence-corrected chi connectivity index (χ1v) is 8.66. The number of carbonyl (C=O) groups is 1. The number of aryl methyl sites for hydroxylation is 2. The molecule has 0 saturated carbocycles. The molecule has 1 heterocycles. The number of halogens is 1. The van der Waals surface area contributed by atoms with E-state index in [2.05, 4.69) is 10.3 Å². The minimum atomic E-state index is -0.335. The third-order valence-electron chi connectivity index (χ3n) is 4.30. The van der Waals surface area contributed by atoms with Crippen molar-refractivity contribution < 1.29 is 4.79 Å². The number of benzene rings is 2. The summed E-state index contributed by atoms with van der Waals surface area (Å²) in [5.41, 5.74) is 2.83. The molecule has 3 rings (SSSR count). The van der Waals surface area contributed by atoms with Gasteiger partial charge in [0.1, 0.15) is 11.9 Å². The zero-order chi connectivity index (χ0) is 18.7. The van der Waals surface area contributed by atoms with Crippen LogP contribution in [0.4, 0.5) is 10.5 Å². The van der Waals surface area contributed by atoms with Crippen LogP contribution in [0.25, 0.3) is 0 Å². The van der Waals surface area contributed by atoms with Crippen molar-refractivity contribution in [3.8, 4) is 0 Å². The molecular weight excluding hydrogens is 348 g/mol. The van der Waals surface area contributed by atoms with Crippen LogP contribution >= 0.6 is 11.6 Å². The van der Waals surface area contributed by atoms with E-state index in [0.717, 1.165) is 22.6 Å². The largest absolute Gasteiger partial charge is 0.336 e. The van der Waals surface area contributed by atoms with E-state index in [1.54, 1.807) is 18.1 Å². The predicted octanol–water partition coefficient (Wildman–Crippen LogP) is 4.64. The normalized spacial score (nSPS) is 11.8. The van der Waals surface area contributed by atoms with E-state index in [-0.39, 0.29) is 12.1 Å². The van der Waals surface area contributed by atoms with Crippen molar-refractivity contribution in [2.45, 2.75) is 13.0 Å². The molecule has 26 heavy (non-hydrogen) atoms. The fourth-order valence-electron chi connectivity index (χ4n) is 2.80. The molecule has 1 N–H and O–H groups in total. The molecule has 0 aliphatic rings. The molecule has 0 bridgehead atoms. The molecule has 2 aromatic carbocycles. The molecular formula is C20H21ClN4O. The quantitative estimate of drug-likeness (QED) is 0.729. The molecule has 1 aromatic heterocycles. The number of imidazole rings is 1. The summed E-state index contributed by atoms with van der Waals surface area (Å²) < 4.78 is 1.91. The van der Waals surface area contributed by atoms with Gasteiger partial charge in [0.25, 0.3) is 0 Å². The third-order valence-corrected chi connectivity index (χ3v) is 4.55. The summed E-state index contributed by atoms with van der Waals surface area (Å²) in [5, 5.41) is 3.59. The Kier molecular flexibility index (Phi) is 5.28. The van der Waals surface area contributed by atoms with E-state index in [9.17, 15) is 4.79 Å². The maximum atomic E-state index is 12.8. The average molecular weight is 369 g/mol. The Morgan fingerprint density at radius 3 is 2.38 bits per heavy atom. The van der Waals surface area contributed by atoms with Crippen LogP contribution in [0.3, 0.4) is 0 Å². The highest BCUT2D eigenvalue weighted by atomic mass is 35.5. The lowest BCUT2D eigenvalue weighted by molar-refractivity contribution is 0.209. The first-order valence-electron chi connectivity index (χ1n) is 8.29. The molecule has 2 amide bonds. The van der Waals surface area contributed by atoms with Crippen LogP contribution in [0.15, 0.2) is 60.9 Å². The SMILES string of the molecule is Cc1ccc(NC(=O)N(C)[C@@H](c2ccc(Cl)cc2)c2nccn2C)cc1. The van der Waals surface area contributed by atoms with Gasteiger partial charge in [0.2, 0.25) is 0 Å². The number of nitrogens with zero attached hydrogens (tertiary/aromatic N) is 3. The average Bonchev–Trinajstić information content (AvgIpc) is 3.04. The van der Waals surface area contributed by atoms with Gasteiger partial charge < -0.3 is 14.8 Å². The van der Waals surface area contributed by atoms with E-state index in [0.29, 0.717) is 5.02 Å². The maximum absolute atomic E-state index is 12.8. The van der Waals surface area contributed by atoms with Crippen LogP contribution in [0.1, 0.15) is 23.0 Å². The number of carbonyl (C=O) groups excluding carboxylic acids is 1. The molecule has 0 fully saturated rings. The van der Waals surface area contributed by atoms with Gasteiger partial charge in [0.15, 0.2) is 0 Å². The Bertz CT molecular complexity index is 887. The Balaban J connectivity index is 1.90. The molecule has 134 valence electrons. The lowest BCUT2D eigenvalue weighted by Gasteiger charge is -2.28. The van der Waals surface area contributed by atoms with E-state index < -0.39 is 0 Å². The summed E-state index contributed by atoms with van der Waals surface area (Å²) in [6, 6.07) is 14.6. The highest BCUT2D eigenvalue weighted by molar-refractivity contribution is 6.30. The number of hydrogen-bond donors (Lipinski definition) is 1. The van der Waals surface area contributed by atoms with Gasteiger partial charge in [0.05, 0.1) is 0 Å². The van der Waals surface area contributed by atoms with Crippen molar-refractivity contribution in [1.82, 2.24) is 14.5 Å². The van der Waals surface area contributed by atoms with E-state index >= 15 is 0 Å². The topological polar surface area (TPSA) is 50.2 Å². The minimum absolute atomic E-state index is 0.211. The van der Waals surface area contributed by atoms with Crippen LogP contribution < -0.4 is 5.32 Å².